The van der Waals surface area contributed by atoms with Crippen LogP contribution in [-0.2, 0) is 16.1 Å². The Labute approximate surface area is 266 Å². The number of aromatic nitrogens is 2. The zero-order valence-electron chi connectivity index (χ0n) is 24.7. The summed E-state index contributed by atoms with van der Waals surface area (Å²) in [6.45, 7) is 2.32. The number of aliphatic hydroxyl groups excluding tert-OH is 1. The monoisotopic (exact) mass is 628 g/mol. The smallest absolute Gasteiger partial charge is 0.248 e. The van der Waals surface area contributed by atoms with Crippen LogP contribution in [0.5, 0.6) is 11.5 Å². The number of fused-ring (bicyclic) bond motifs is 1. The van der Waals surface area contributed by atoms with Gasteiger partial charge in [0.15, 0.2) is 0 Å². The number of carbonyl (C=O) groups excluding carboxylic acids is 1. The first-order valence-electron chi connectivity index (χ1n) is 14.4. The topological polar surface area (TPSA) is 142 Å². The van der Waals surface area contributed by atoms with E-state index in [9.17, 15) is 10.1 Å². The van der Waals surface area contributed by atoms with Gasteiger partial charge in [0.05, 0.1) is 53.0 Å². The van der Waals surface area contributed by atoms with Crippen molar-refractivity contribution in [2.75, 3.05) is 50.6 Å². The Kier molecular flexibility index (Phi) is 10.8. The summed E-state index contributed by atoms with van der Waals surface area (Å²) < 4.78 is 17.6. The molecule has 4 aromatic rings. The van der Waals surface area contributed by atoms with Crippen molar-refractivity contribution >= 4 is 45.5 Å². The van der Waals surface area contributed by atoms with Crippen molar-refractivity contribution in [3.05, 3.63) is 89.4 Å². The minimum absolute atomic E-state index is 0.0321. The maximum atomic E-state index is 12.9. The molecule has 1 aliphatic rings. The van der Waals surface area contributed by atoms with Crippen LogP contribution in [0.4, 0.5) is 17.1 Å². The molecule has 0 bridgehead atoms. The predicted octanol–water partition coefficient (Wildman–Crippen LogP) is 5.06. The summed E-state index contributed by atoms with van der Waals surface area (Å²) in [7, 11) is 1.85. The van der Waals surface area contributed by atoms with Crippen LogP contribution in [0.1, 0.15) is 17.7 Å². The molecule has 0 saturated carbocycles. The number of rotatable bonds is 13. The number of likely N-dealkylation sites (N-methyl/N-ethyl adjacent to an activating group) is 1. The normalized spacial score (nSPS) is 14.5. The van der Waals surface area contributed by atoms with Gasteiger partial charge in [-0.25, -0.2) is 0 Å². The van der Waals surface area contributed by atoms with Gasteiger partial charge in [0, 0.05) is 55.1 Å². The highest BCUT2D eigenvalue weighted by molar-refractivity contribution is 6.32. The van der Waals surface area contributed by atoms with Crippen LogP contribution in [-0.4, -0.2) is 71.9 Å². The summed E-state index contributed by atoms with van der Waals surface area (Å²) in [6.07, 6.45) is 6.89. The van der Waals surface area contributed by atoms with Crippen molar-refractivity contribution in [1.82, 2.24) is 14.9 Å². The molecule has 0 unspecified atom stereocenters. The average Bonchev–Trinajstić information content (AvgIpc) is 3.55. The maximum Gasteiger partial charge on any atom is 0.248 e. The molecule has 2 aromatic heterocycles. The third-order valence-corrected chi connectivity index (χ3v) is 7.30. The summed E-state index contributed by atoms with van der Waals surface area (Å²) in [5.41, 5.74) is 3.17. The maximum absolute atomic E-state index is 12.9. The van der Waals surface area contributed by atoms with Gasteiger partial charge >= 0.3 is 0 Å². The van der Waals surface area contributed by atoms with Crippen LogP contribution >= 0.6 is 11.6 Å². The van der Waals surface area contributed by atoms with E-state index in [1.165, 1.54) is 12.3 Å². The second-order valence-electron chi connectivity index (χ2n) is 10.4. The van der Waals surface area contributed by atoms with E-state index in [-0.39, 0.29) is 25.2 Å². The molecule has 2 aromatic carbocycles. The van der Waals surface area contributed by atoms with E-state index < -0.39 is 0 Å². The van der Waals surface area contributed by atoms with E-state index in [1.54, 1.807) is 42.6 Å². The molecule has 12 heteroatoms. The van der Waals surface area contributed by atoms with Gasteiger partial charge in [-0.1, -0.05) is 23.7 Å². The van der Waals surface area contributed by atoms with Crippen molar-refractivity contribution in [2.45, 2.75) is 19.1 Å². The molecule has 11 nitrogen and oxygen atoms in total. The molecule has 1 atom stereocenters. The highest BCUT2D eigenvalue weighted by Gasteiger charge is 2.21. The Morgan fingerprint density at radius 3 is 2.87 bits per heavy atom. The molecule has 3 N–H and O–H groups in total. The molecule has 1 fully saturated rings. The Morgan fingerprint density at radius 2 is 2.13 bits per heavy atom. The zero-order valence-corrected chi connectivity index (χ0v) is 25.5. The third kappa shape index (κ3) is 8.47. The minimum atomic E-state index is -0.355. The molecular formula is C33H33ClN6O5. The molecule has 45 heavy (non-hydrogen) atoms. The number of carbonyl (C=O) groups is 1. The Bertz CT molecular complexity index is 1710. The van der Waals surface area contributed by atoms with E-state index in [0.29, 0.717) is 76.4 Å². The molecule has 232 valence electrons. The number of hydrogen-bond acceptors (Lipinski definition) is 10. The number of pyridine rings is 2. The van der Waals surface area contributed by atoms with Crippen LogP contribution in [0.3, 0.4) is 0 Å². The largest absolute Gasteiger partial charge is 0.486 e. The van der Waals surface area contributed by atoms with E-state index in [1.807, 2.05) is 30.1 Å². The van der Waals surface area contributed by atoms with Gasteiger partial charge in [0.25, 0.3) is 0 Å². The van der Waals surface area contributed by atoms with Crippen LogP contribution < -0.4 is 20.1 Å². The number of hydrogen-bond donors (Lipinski definition) is 3. The molecule has 5 rings (SSSR count). The SMILES string of the molecule is CN(C/C=C/C(=O)Nc1cc2c(Nc3ccc(OCc4ccccn4)c(Cl)c3)c(C#N)cnc2cc1O[C@H]1CCOC1)CCO. The van der Waals surface area contributed by atoms with Crippen LogP contribution in [0.25, 0.3) is 10.9 Å². The number of nitrogens with one attached hydrogen (secondary N) is 2. The lowest BCUT2D eigenvalue weighted by Crippen LogP contribution is -2.22. The van der Waals surface area contributed by atoms with Gasteiger partial charge in [-0.3, -0.25) is 14.8 Å². The summed E-state index contributed by atoms with van der Waals surface area (Å²) in [5.74, 6) is 0.579. The molecule has 1 amide bonds. The quantitative estimate of drug-likeness (QED) is 0.172. The zero-order chi connectivity index (χ0) is 31.6. The Hall–Kier alpha value is -4.73. The lowest BCUT2D eigenvalue weighted by Gasteiger charge is -2.19. The second kappa shape index (κ2) is 15.3. The summed E-state index contributed by atoms with van der Waals surface area (Å²) in [5, 5.41) is 26.3. The number of ether oxygens (including phenoxy) is 3. The fourth-order valence-electron chi connectivity index (χ4n) is 4.67. The number of amides is 1. The van der Waals surface area contributed by atoms with Crippen molar-refractivity contribution in [3.63, 3.8) is 0 Å². The fourth-order valence-corrected chi connectivity index (χ4v) is 4.91. The molecule has 0 aliphatic carbocycles. The molecular weight excluding hydrogens is 596 g/mol. The Morgan fingerprint density at radius 1 is 1.24 bits per heavy atom. The first kappa shape index (κ1) is 31.7. The number of anilines is 3. The Balaban J connectivity index is 1.43. The van der Waals surface area contributed by atoms with Gasteiger partial charge in [-0.15, -0.1) is 0 Å². The van der Waals surface area contributed by atoms with Crippen molar-refractivity contribution in [2.24, 2.45) is 0 Å². The summed E-state index contributed by atoms with van der Waals surface area (Å²) in [6, 6.07) is 16.5. The number of aliphatic hydroxyl groups is 1. The highest BCUT2D eigenvalue weighted by Crippen LogP contribution is 2.38. The van der Waals surface area contributed by atoms with E-state index in [0.717, 1.165) is 12.1 Å². The molecule has 1 saturated heterocycles. The van der Waals surface area contributed by atoms with Gasteiger partial charge in [0.2, 0.25) is 5.91 Å². The van der Waals surface area contributed by atoms with Crippen LogP contribution in [0.15, 0.2) is 73.1 Å². The standard InChI is InChI=1S/C33H33ClN6O5/c1-40(12-13-41)11-4-6-32(42)39-29-16-26-28(17-31(29)45-25-9-14-43-21-25)37-19-22(18-35)33(26)38-23-7-8-30(27(34)15-23)44-20-24-5-2-3-10-36-24/h2-8,10,15-17,19,25,41H,9,11-14,20-21H2,1H3,(H,37,38)(H,39,42)/b6-4+/t25-/m0/s1. The fraction of sp³-hybridized carbons (Fsp3) is 0.273. The van der Waals surface area contributed by atoms with Crippen molar-refractivity contribution < 1.29 is 24.1 Å². The van der Waals surface area contributed by atoms with Gasteiger partial charge < -0.3 is 34.9 Å². The highest BCUT2D eigenvalue weighted by atomic mass is 35.5. The van der Waals surface area contributed by atoms with Crippen LogP contribution in [0.2, 0.25) is 5.02 Å². The number of nitrogens with zero attached hydrogens (tertiary/aromatic N) is 4. The predicted molar refractivity (Wildman–Crippen MR) is 172 cm³/mol. The number of halogens is 1. The van der Waals surface area contributed by atoms with Gasteiger partial charge in [-0.2, -0.15) is 5.26 Å². The molecule has 0 spiro atoms. The number of nitriles is 1. The average molecular weight is 629 g/mol. The van der Waals surface area contributed by atoms with Gasteiger partial charge in [0.1, 0.15) is 30.3 Å². The third-order valence-electron chi connectivity index (χ3n) is 7.00. The minimum Gasteiger partial charge on any atom is -0.486 e. The first-order valence-corrected chi connectivity index (χ1v) is 14.8. The van der Waals surface area contributed by atoms with Crippen molar-refractivity contribution in [1.29, 1.82) is 5.26 Å². The number of benzene rings is 2. The molecule has 0 radical (unpaired) electrons. The lowest BCUT2D eigenvalue weighted by atomic mass is 10.1. The second-order valence-corrected chi connectivity index (χ2v) is 10.8. The molecule has 1 aliphatic heterocycles. The van der Waals surface area contributed by atoms with E-state index >= 15 is 0 Å². The van der Waals surface area contributed by atoms with Gasteiger partial charge in [-0.05, 0) is 43.4 Å². The summed E-state index contributed by atoms with van der Waals surface area (Å²) >= 11 is 6.56. The van der Waals surface area contributed by atoms with Crippen molar-refractivity contribution in [3.8, 4) is 17.6 Å². The van der Waals surface area contributed by atoms with E-state index in [4.69, 9.17) is 30.9 Å². The van der Waals surface area contributed by atoms with Crippen LogP contribution in [0, 0.1) is 11.3 Å². The summed E-state index contributed by atoms with van der Waals surface area (Å²) in [4.78, 5) is 23.6. The molecule has 3 heterocycles. The van der Waals surface area contributed by atoms with E-state index in [2.05, 4.69) is 26.7 Å². The lowest BCUT2D eigenvalue weighted by molar-refractivity contribution is -0.111. The first-order chi connectivity index (χ1) is 21.9.